The van der Waals surface area contributed by atoms with E-state index in [0.29, 0.717) is 5.56 Å². The Hall–Kier alpha value is -1.84. The lowest BCUT2D eigenvalue weighted by Crippen LogP contribution is -2.10. The van der Waals surface area contributed by atoms with Crippen LogP contribution in [0.5, 0.6) is 0 Å². The second-order valence-corrected chi connectivity index (χ2v) is 6.45. The highest BCUT2D eigenvalue weighted by Crippen LogP contribution is 2.31. The summed E-state index contributed by atoms with van der Waals surface area (Å²) in [6.45, 7) is 4.30. The Morgan fingerprint density at radius 1 is 0.875 bits per heavy atom. The molecule has 1 rings (SSSR count). The van der Waals surface area contributed by atoms with Gasteiger partial charge in [0.25, 0.3) is 0 Å². The summed E-state index contributed by atoms with van der Waals surface area (Å²) in [6.07, 6.45) is 9.75. The topological polar surface area (TPSA) is 74.6 Å². The van der Waals surface area contributed by atoms with E-state index in [-0.39, 0.29) is 17.0 Å². The maximum atomic E-state index is 11.5. The molecule has 0 radical (unpaired) electrons. The van der Waals surface area contributed by atoms with Crippen LogP contribution in [0.15, 0.2) is 18.2 Å². The van der Waals surface area contributed by atoms with Gasteiger partial charge in [0.05, 0.1) is 11.1 Å². The Bertz CT molecular complexity index is 536. The van der Waals surface area contributed by atoms with Gasteiger partial charge in [-0.3, -0.25) is 0 Å². The Labute approximate surface area is 144 Å². The zero-order valence-electron chi connectivity index (χ0n) is 14.9. The Balaban J connectivity index is 2.98. The SMILES string of the molecule is CCCCCCCC(CCCC)c1cc(C(=O)O)ccc1C(=O)O. The van der Waals surface area contributed by atoms with Crippen molar-refractivity contribution in [2.45, 2.75) is 77.6 Å². The van der Waals surface area contributed by atoms with Gasteiger partial charge in [0, 0.05) is 0 Å². The monoisotopic (exact) mass is 334 g/mol. The van der Waals surface area contributed by atoms with Crippen molar-refractivity contribution >= 4 is 11.9 Å². The van der Waals surface area contributed by atoms with Crippen LogP contribution in [0, 0.1) is 0 Å². The molecular weight excluding hydrogens is 304 g/mol. The van der Waals surface area contributed by atoms with E-state index in [4.69, 9.17) is 0 Å². The maximum absolute atomic E-state index is 11.5. The normalized spacial score (nSPS) is 12.1. The van der Waals surface area contributed by atoms with Crippen LogP contribution in [0.3, 0.4) is 0 Å². The van der Waals surface area contributed by atoms with Crippen LogP contribution in [0.4, 0.5) is 0 Å². The fourth-order valence-electron chi connectivity index (χ4n) is 3.13. The van der Waals surface area contributed by atoms with E-state index < -0.39 is 11.9 Å². The van der Waals surface area contributed by atoms with E-state index in [9.17, 15) is 19.8 Å². The highest BCUT2D eigenvalue weighted by molar-refractivity contribution is 5.93. The summed E-state index contributed by atoms with van der Waals surface area (Å²) in [5, 5.41) is 18.7. The van der Waals surface area contributed by atoms with Crippen molar-refractivity contribution in [1.82, 2.24) is 0 Å². The largest absolute Gasteiger partial charge is 0.478 e. The molecule has 0 aliphatic heterocycles. The van der Waals surface area contributed by atoms with Gasteiger partial charge in [-0.15, -0.1) is 0 Å². The van der Waals surface area contributed by atoms with Gasteiger partial charge in [-0.25, -0.2) is 9.59 Å². The predicted octanol–water partition coefficient (Wildman–Crippen LogP) is 5.72. The molecule has 0 saturated carbocycles. The summed E-state index contributed by atoms with van der Waals surface area (Å²) in [6, 6.07) is 4.39. The van der Waals surface area contributed by atoms with Gasteiger partial charge in [0.1, 0.15) is 0 Å². The minimum absolute atomic E-state index is 0.122. The van der Waals surface area contributed by atoms with Crippen LogP contribution in [0.25, 0.3) is 0 Å². The summed E-state index contributed by atoms with van der Waals surface area (Å²) in [5.41, 5.74) is 1.10. The highest BCUT2D eigenvalue weighted by atomic mass is 16.4. The third-order valence-electron chi connectivity index (χ3n) is 4.53. The molecule has 1 atom stereocenters. The van der Waals surface area contributed by atoms with Crippen LogP contribution in [0.1, 0.15) is 104 Å². The predicted molar refractivity (Wildman–Crippen MR) is 96.0 cm³/mol. The lowest BCUT2D eigenvalue weighted by atomic mass is 9.85. The number of hydrogen-bond acceptors (Lipinski definition) is 2. The van der Waals surface area contributed by atoms with Gasteiger partial charge in [0.15, 0.2) is 0 Å². The molecular formula is C20H30O4. The van der Waals surface area contributed by atoms with Crippen LogP contribution < -0.4 is 0 Å². The van der Waals surface area contributed by atoms with Crippen LogP contribution in [-0.2, 0) is 0 Å². The summed E-state index contributed by atoms with van der Waals surface area (Å²) in [4.78, 5) is 22.8. The molecule has 2 N–H and O–H groups in total. The average Bonchev–Trinajstić information content (AvgIpc) is 2.56. The molecule has 1 aromatic rings. The maximum Gasteiger partial charge on any atom is 0.335 e. The average molecular weight is 334 g/mol. The number of unbranched alkanes of at least 4 members (excludes halogenated alkanes) is 5. The lowest BCUT2D eigenvalue weighted by molar-refractivity contribution is 0.0679. The summed E-state index contributed by atoms with van der Waals surface area (Å²) in [7, 11) is 0. The Morgan fingerprint density at radius 2 is 1.50 bits per heavy atom. The number of aromatic carboxylic acids is 2. The van der Waals surface area contributed by atoms with E-state index >= 15 is 0 Å². The molecule has 1 unspecified atom stereocenters. The minimum Gasteiger partial charge on any atom is -0.478 e. The number of rotatable bonds is 12. The molecule has 0 bridgehead atoms. The molecule has 0 fully saturated rings. The minimum atomic E-state index is -1.01. The van der Waals surface area contributed by atoms with Crippen LogP contribution in [0.2, 0.25) is 0 Å². The molecule has 4 heteroatoms. The molecule has 0 amide bonds. The van der Waals surface area contributed by atoms with E-state index in [0.717, 1.165) is 38.5 Å². The second kappa shape index (κ2) is 10.8. The number of hydrogen-bond donors (Lipinski definition) is 2. The second-order valence-electron chi connectivity index (χ2n) is 6.45. The molecule has 0 aliphatic rings. The van der Waals surface area contributed by atoms with Crippen molar-refractivity contribution in [3.8, 4) is 0 Å². The molecule has 0 aliphatic carbocycles. The quantitative estimate of drug-likeness (QED) is 0.480. The third-order valence-corrected chi connectivity index (χ3v) is 4.53. The fourth-order valence-corrected chi connectivity index (χ4v) is 3.13. The lowest BCUT2D eigenvalue weighted by Gasteiger charge is -2.20. The zero-order chi connectivity index (χ0) is 17.9. The van der Waals surface area contributed by atoms with E-state index in [1.165, 1.54) is 31.4 Å². The van der Waals surface area contributed by atoms with Crippen LogP contribution >= 0.6 is 0 Å². The standard InChI is InChI=1S/C20H30O4/c1-3-5-7-8-9-11-15(10-6-4-2)18-14-16(19(21)22)12-13-17(18)20(23)24/h12-15H,3-11H2,1-2H3,(H,21,22)(H,23,24). The number of carboxylic acid groups (broad SMARTS) is 2. The molecule has 1 aromatic carbocycles. The first-order chi connectivity index (χ1) is 11.5. The fraction of sp³-hybridized carbons (Fsp3) is 0.600. The van der Waals surface area contributed by atoms with Gasteiger partial charge in [-0.05, 0) is 42.5 Å². The molecule has 4 nitrogen and oxygen atoms in total. The molecule has 24 heavy (non-hydrogen) atoms. The summed E-state index contributed by atoms with van der Waals surface area (Å²) < 4.78 is 0. The Kier molecular flexibility index (Phi) is 9.13. The molecule has 0 heterocycles. The van der Waals surface area contributed by atoms with Gasteiger partial charge in [-0.2, -0.15) is 0 Å². The van der Waals surface area contributed by atoms with Crippen molar-refractivity contribution in [3.63, 3.8) is 0 Å². The summed E-state index contributed by atoms with van der Waals surface area (Å²) >= 11 is 0. The van der Waals surface area contributed by atoms with Crippen molar-refractivity contribution in [2.75, 3.05) is 0 Å². The van der Waals surface area contributed by atoms with E-state index in [1.807, 2.05) is 0 Å². The number of carboxylic acids is 2. The summed E-state index contributed by atoms with van der Waals surface area (Å²) in [5.74, 6) is -1.86. The first kappa shape index (κ1) is 20.2. The van der Waals surface area contributed by atoms with Crippen molar-refractivity contribution < 1.29 is 19.8 Å². The third kappa shape index (κ3) is 6.34. The molecule has 134 valence electrons. The first-order valence-electron chi connectivity index (χ1n) is 9.11. The van der Waals surface area contributed by atoms with Crippen molar-refractivity contribution in [1.29, 1.82) is 0 Å². The van der Waals surface area contributed by atoms with Gasteiger partial charge in [-0.1, -0.05) is 58.8 Å². The van der Waals surface area contributed by atoms with Gasteiger partial charge >= 0.3 is 11.9 Å². The number of carbonyl (C=O) groups is 2. The smallest absolute Gasteiger partial charge is 0.335 e. The Morgan fingerprint density at radius 3 is 2.08 bits per heavy atom. The van der Waals surface area contributed by atoms with E-state index in [1.54, 1.807) is 6.07 Å². The highest BCUT2D eigenvalue weighted by Gasteiger charge is 2.20. The first-order valence-corrected chi connectivity index (χ1v) is 9.11. The molecule has 0 spiro atoms. The van der Waals surface area contributed by atoms with Crippen LogP contribution in [-0.4, -0.2) is 22.2 Å². The van der Waals surface area contributed by atoms with Crippen molar-refractivity contribution in [2.24, 2.45) is 0 Å². The van der Waals surface area contributed by atoms with Crippen molar-refractivity contribution in [3.05, 3.63) is 34.9 Å². The van der Waals surface area contributed by atoms with Gasteiger partial charge < -0.3 is 10.2 Å². The van der Waals surface area contributed by atoms with E-state index in [2.05, 4.69) is 13.8 Å². The number of benzene rings is 1. The molecule has 0 aromatic heterocycles. The van der Waals surface area contributed by atoms with Gasteiger partial charge in [0.2, 0.25) is 0 Å². The molecule has 0 saturated heterocycles. The zero-order valence-corrected chi connectivity index (χ0v) is 14.9.